The number of aliphatic hydroxyl groups excluding tert-OH is 2. The monoisotopic (exact) mass is 779 g/mol. The molecule has 0 spiro atoms. The number of unbranched alkanes of at least 4 members (excludes halogenated alkanes) is 3. The lowest BCUT2D eigenvalue weighted by atomic mass is 9.89. The van der Waals surface area contributed by atoms with Crippen molar-refractivity contribution < 1.29 is 38.4 Å². The molecule has 1 amide bonds. The Morgan fingerprint density at radius 3 is 2.03 bits per heavy atom. The number of carbonyl (C=O) groups is 2. The first-order chi connectivity index (χ1) is 28.4. The van der Waals surface area contributed by atoms with Crippen LogP contribution in [0.2, 0.25) is 0 Å². The van der Waals surface area contributed by atoms with Gasteiger partial charge in [-0.05, 0) is 109 Å². The number of nitrogens with one attached hydrogen (secondary N) is 1. The third-order valence-corrected chi connectivity index (χ3v) is 9.97. The minimum absolute atomic E-state index is 0.126. The maximum Gasteiger partial charge on any atom is 0.342 e. The second kappa shape index (κ2) is 20.7. The lowest BCUT2D eigenvalue weighted by molar-refractivity contribution is -0.123. The van der Waals surface area contributed by atoms with E-state index in [1.807, 2.05) is 109 Å². The Bertz CT molecular complexity index is 2310. The fourth-order valence-electron chi connectivity index (χ4n) is 6.88. The Morgan fingerprint density at radius 2 is 1.38 bits per heavy atom. The van der Waals surface area contributed by atoms with Gasteiger partial charge in [-0.3, -0.25) is 4.79 Å². The van der Waals surface area contributed by atoms with Crippen LogP contribution in [0.5, 0.6) is 11.5 Å². The Hall–Kier alpha value is -6.34. The quantitative estimate of drug-likeness (QED) is 0.0452. The Morgan fingerprint density at radius 1 is 0.724 bits per heavy atom. The van der Waals surface area contributed by atoms with Crippen LogP contribution in [-0.2, 0) is 22.4 Å². The van der Waals surface area contributed by atoms with Gasteiger partial charge in [0.1, 0.15) is 22.8 Å². The molecule has 0 aliphatic heterocycles. The van der Waals surface area contributed by atoms with E-state index in [4.69, 9.17) is 18.6 Å². The summed E-state index contributed by atoms with van der Waals surface area (Å²) in [7, 11) is 3.20. The van der Waals surface area contributed by atoms with Crippen LogP contribution in [0.1, 0.15) is 69.8 Å². The van der Waals surface area contributed by atoms with E-state index in [-0.39, 0.29) is 37.7 Å². The number of rotatable bonds is 18. The molecule has 298 valence electrons. The number of methoxy groups -OCH3 is 2. The summed E-state index contributed by atoms with van der Waals surface area (Å²) >= 11 is 0. The molecule has 0 radical (unpaired) electrons. The molecule has 1 aromatic heterocycles. The summed E-state index contributed by atoms with van der Waals surface area (Å²) in [5.41, 5.74) is 5.15. The standard InChI is InChI=1S/C49H49NO8/c1-55-41-23-18-34(19-24-41)17-20-39-29-36(31-43(37-15-9-6-10-16-37)48(53)50-40(33-52)30-35-13-7-5-8-14-35)32-44-45(49(54)57-28-12-4-3-11-27-51)47(58-46(39)44)38-21-25-42(56-2)26-22-38/h5-10,13-16,18-19,21-26,29,32,40,43,51-52H,3-4,11-12,27-28,30-31,33H2,1-2H3,(H,50,53)/t40-,43?/m0/s1. The van der Waals surface area contributed by atoms with E-state index in [1.165, 1.54) is 0 Å². The zero-order valence-corrected chi connectivity index (χ0v) is 32.9. The summed E-state index contributed by atoms with van der Waals surface area (Å²) in [5, 5.41) is 23.1. The zero-order valence-electron chi connectivity index (χ0n) is 32.9. The lowest BCUT2D eigenvalue weighted by Gasteiger charge is -2.22. The molecular weight excluding hydrogens is 731 g/mol. The van der Waals surface area contributed by atoms with Crippen LogP contribution in [-0.4, -0.2) is 62.2 Å². The number of furan rings is 1. The van der Waals surface area contributed by atoms with E-state index in [0.29, 0.717) is 58.6 Å². The third kappa shape index (κ3) is 10.7. The largest absolute Gasteiger partial charge is 0.497 e. The summed E-state index contributed by atoms with van der Waals surface area (Å²) < 4.78 is 23.2. The number of fused-ring (bicyclic) bond motifs is 1. The number of hydrogen-bond acceptors (Lipinski definition) is 8. The van der Waals surface area contributed by atoms with Gasteiger partial charge >= 0.3 is 5.97 Å². The number of amides is 1. The molecule has 9 nitrogen and oxygen atoms in total. The number of hydrogen-bond donors (Lipinski definition) is 3. The maximum atomic E-state index is 14.3. The molecule has 0 aliphatic rings. The van der Waals surface area contributed by atoms with Gasteiger partial charge in [-0.25, -0.2) is 4.79 Å². The highest BCUT2D eigenvalue weighted by molar-refractivity contribution is 6.10. The second-order valence-corrected chi connectivity index (χ2v) is 14.1. The fraction of sp³-hybridized carbons (Fsp3) is 0.265. The van der Waals surface area contributed by atoms with Gasteiger partial charge in [0, 0.05) is 23.1 Å². The van der Waals surface area contributed by atoms with Gasteiger partial charge < -0.3 is 34.2 Å². The van der Waals surface area contributed by atoms with Gasteiger partial charge in [0.25, 0.3) is 0 Å². The van der Waals surface area contributed by atoms with Gasteiger partial charge in [0.05, 0.1) is 45.0 Å². The van der Waals surface area contributed by atoms with Gasteiger partial charge in [-0.1, -0.05) is 78.9 Å². The average molecular weight is 780 g/mol. The highest BCUT2D eigenvalue weighted by Crippen LogP contribution is 2.38. The smallest absolute Gasteiger partial charge is 0.342 e. The number of carbonyl (C=O) groups excluding carboxylic acids is 2. The van der Waals surface area contributed by atoms with Crippen LogP contribution in [0.15, 0.2) is 126 Å². The summed E-state index contributed by atoms with van der Waals surface area (Å²) in [6.07, 6.45) is 3.72. The van der Waals surface area contributed by atoms with Gasteiger partial charge in [-0.2, -0.15) is 0 Å². The van der Waals surface area contributed by atoms with Crippen LogP contribution >= 0.6 is 0 Å². The number of esters is 1. The molecule has 9 heteroatoms. The van der Waals surface area contributed by atoms with Crippen LogP contribution in [0.4, 0.5) is 0 Å². The predicted molar refractivity (Wildman–Crippen MR) is 225 cm³/mol. The molecule has 5 aromatic carbocycles. The van der Waals surface area contributed by atoms with Gasteiger partial charge in [0.2, 0.25) is 5.91 Å². The first-order valence-corrected chi connectivity index (χ1v) is 19.6. The van der Waals surface area contributed by atoms with Crippen LogP contribution in [0.3, 0.4) is 0 Å². The van der Waals surface area contributed by atoms with E-state index >= 15 is 0 Å². The first-order valence-electron chi connectivity index (χ1n) is 19.6. The highest BCUT2D eigenvalue weighted by Gasteiger charge is 2.28. The van der Waals surface area contributed by atoms with Crippen molar-refractivity contribution in [2.24, 2.45) is 0 Å². The minimum Gasteiger partial charge on any atom is -0.497 e. The molecule has 0 bridgehead atoms. The summed E-state index contributed by atoms with van der Waals surface area (Å²) in [4.78, 5) is 28.4. The highest BCUT2D eigenvalue weighted by atomic mass is 16.5. The van der Waals surface area contributed by atoms with Crippen molar-refractivity contribution in [2.45, 2.75) is 50.5 Å². The lowest BCUT2D eigenvalue weighted by Crippen LogP contribution is -2.42. The predicted octanol–water partition coefficient (Wildman–Crippen LogP) is 8.27. The summed E-state index contributed by atoms with van der Waals surface area (Å²) in [6, 6.07) is 37.2. The van der Waals surface area contributed by atoms with Crippen LogP contribution in [0.25, 0.3) is 22.3 Å². The van der Waals surface area contributed by atoms with E-state index < -0.39 is 17.9 Å². The van der Waals surface area contributed by atoms with Crippen molar-refractivity contribution in [3.05, 3.63) is 155 Å². The minimum atomic E-state index is -0.645. The molecule has 0 saturated carbocycles. The van der Waals surface area contributed by atoms with Crippen molar-refractivity contribution in [3.63, 3.8) is 0 Å². The van der Waals surface area contributed by atoms with Gasteiger partial charge in [0.15, 0.2) is 5.58 Å². The molecule has 0 aliphatic carbocycles. The topological polar surface area (TPSA) is 127 Å². The summed E-state index contributed by atoms with van der Waals surface area (Å²) in [6.45, 7) is 0.101. The van der Waals surface area contributed by atoms with E-state index in [1.54, 1.807) is 26.4 Å². The summed E-state index contributed by atoms with van der Waals surface area (Å²) in [5.74, 6) is 6.81. The Kier molecular flexibility index (Phi) is 14.7. The second-order valence-electron chi connectivity index (χ2n) is 14.1. The normalized spacial score (nSPS) is 11.9. The molecular formula is C49H49NO8. The molecule has 58 heavy (non-hydrogen) atoms. The molecule has 1 unspecified atom stereocenters. The Balaban J connectivity index is 1.45. The van der Waals surface area contributed by atoms with Crippen molar-refractivity contribution in [2.75, 3.05) is 34.0 Å². The first kappa shape index (κ1) is 41.3. The number of ether oxygens (including phenoxy) is 3. The molecule has 0 fully saturated rings. The van der Waals surface area contributed by atoms with Crippen molar-refractivity contribution in [3.8, 4) is 34.7 Å². The SMILES string of the molecule is COc1ccc(C#Cc2cc(CC(C(=O)N[C@H](CO)Cc3ccccc3)c3ccccc3)cc3c(C(=O)OCCCCCCO)c(-c4ccc(OC)cc4)oc23)cc1. The van der Waals surface area contributed by atoms with E-state index in [9.17, 15) is 19.8 Å². The Labute approximate surface area is 339 Å². The van der Waals surface area contributed by atoms with Crippen LogP contribution in [0, 0.1) is 11.8 Å². The molecule has 6 aromatic rings. The van der Waals surface area contributed by atoms with Crippen molar-refractivity contribution >= 4 is 22.8 Å². The number of benzene rings is 5. The molecule has 2 atom stereocenters. The number of aliphatic hydroxyl groups is 2. The zero-order chi connectivity index (χ0) is 40.7. The third-order valence-electron chi connectivity index (χ3n) is 9.97. The van der Waals surface area contributed by atoms with Crippen LogP contribution < -0.4 is 14.8 Å². The van der Waals surface area contributed by atoms with Crippen molar-refractivity contribution in [1.82, 2.24) is 5.32 Å². The molecule has 0 saturated heterocycles. The maximum absolute atomic E-state index is 14.3. The van der Waals surface area contributed by atoms with Gasteiger partial charge in [-0.15, -0.1) is 0 Å². The van der Waals surface area contributed by atoms with E-state index in [2.05, 4.69) is 17.2 Å². The molecule has 1 heterocycles. The van der Waals surface area contributed by atoms with Crippen molar-refractivity contribution in [1.29, 1.82) is 0 Å². The fourth-order valence-corrected chi connectivity index (χ4v) is 6.88. The van der Waals surface area contributed by atoms with E-state index in [0.717, 1.165) is 35.1 Å². The molecule has 6 rings (SSSR count). The molecule has 3 N–H and O–H groups in total. The average Bonchev–Trinajstić information content (AvgIpc) is 3.66.